The summed E-state index contributed by atoms with van der Waals surface area (Å²) in [6.07, 6.45) is 5.33. The summed E-state index contributed by atoms with van der Waals surface area (Å²) in [5.74, 6) is 1.54. The molecule has 0 bridgehead atoms. The highest BCUT2D eigenvalue weighted by molar-refractivity contribution is 9.10. The largest absolute Gasteiger partial charge is 0.336 e. The van der Waals surface area contributed by atoms with Gasteiger partial charge in [-0.15, -0.1) is 12.4 Å². The van der Waals surface area contributed by atoms with Crippen molar-refractivity contribution in [1.29, 1.82) is 0 Å². The molecule has 2 fully saturated rings. The predicted molar refractivity (Wildman–Crippen MR) is 104 cm³/mol. The Labute approximate surface area is 160 Å². The van der Waals surface area contributed by atoms with Gasteiger partial charge in [0.15, 0.2) is 0 Å². The lowest BCUT2D eigenvalue weighted by molar-refractivity contribution is -0.133. The van der Waals surface area contributed by atoms with Crippen molar-refractivity contribution < 1.29 is 4.79 Å². The van der Waals surface area contributed by atoms with Crippen molar-refractivity contribution in [3.63, 3.8) is 0 Å². The molecule has 3 rings (SSSR count). The summed E-state index contributed by atoms with van der Waals surface area (Å²) >= 11 is 3.55. The van der Waals surface area contributed by atoms with E-state index in [4.69, 9.17) is 0 Å². The van der Waals surface area contributed by atoms with Crippen molar-refractivity contribution in [2.45, 2.75) is 45.1 Å². The zero-order chi connectivity index (χ0) is 16.2. The fourth-order valence-corrected chi connectivity index (χ4v) is 4.52. The Hall–Kier alpha value is -0.580. The monoisotopic (exact) mass is 414 g/mol. The standard InChI is InChI=1S/C19H27BrN2O.ClH/c1-14(15-7-9-21-10-8-15)12-19(23)22-11-3-6-18(22)16-4-2-5-17(20)13-16;/h2,4-5,13-15,18,21H,3,6-12H2,1H3;1H. The first-order chi connectivity index (χ1) is 11.1. The van der Waals surface area contributed by atoms with E-state index in [1.165, 1.54) is 18.4 Å². The second kappa shape index (κ2) is 9.21. The Bertz CT molecular complexity index is 548. The molecule has 24 heavy (non-hydrogen) atoms. The van der Waals surface area contributed by atoms with Crippen LogP contribution in [-0.4, -0.2) is 30.4 Å². The number of amides is 1. The van der Waals surface area contributed by atoms with Crippen LogP contribution >= 0.6 is 28.3 Å². The van der Waals surface area contributed by atoms with Gasteiger partial charge >= 0.3 is 0 Å². The molecule has 1 aromatic rings. The molecule has 0 radical (unpaired) electrons. The molecule has 0 spiro atoms. The molecule has 134 valence electrons. The minimum Gasteiger partial charge on any atom is -0.336 e. The number of carbonyl (C=O) groups excluding carboxylic acids is 1. The average molecular weight is 416 g/mol. The zero-order valence-corrected chi connectivity index (χ0v) is 16.7. The summed E-state index contributed by atoms with van der Waals surface area (Å²) in [5.41, 5.74) is 1.26. The Morgan fingerprint density at radius 1 is 1.33 bits per heavy atom. The number of halogens is 2. The van der Waals surface area contributed by atoms with Gasteiger partial charge in [0.25, 0.3) is 0 Å². The summed E-state index contributed by atoms with van der Waals surface area (Å²) in [6, 6.07) is 8.69. The number of hydrogen-bond donors (Lipinski definition) is 1. The van der Waals surface area contributed by atoms with Gasteiger partial charge in [-0.05, 0) is 68.3 Å². The zero-order valence-electron chi connectivity index (χ0n) is 14.3. The summed E-state index contributed by atoms with van der Waals surface area (Å²) in [4.78, 5) is 15.0. The molecule has 1 aromatic carbocycles. The number of nitrogens with zero attached hydrogens (tertiary/aromatic N) is 1. The SMILES string of the molecule is CC(CC(=O)N1CCCC1c1cccc(Br)c1)C1CCNCC1.Cl. The van der Waals surface area contributed by atoms with Crippen molar-refractivity contribution in [3.05, 3.63) is 34.3 Å². The summed E-state index contributed by atoms with van der Waals surface area (Å²) in [5, 5.41) is 3.41. The van der Waals surface area contributed by atoms with Crippen molar-refractivity contribution >= 4 is 34.2 Å². The van der Waals surface area contributed by atoms with Gasteiger partial charge in [0.2, 0.25) is 5.91 Å². The molecule has 2 heterocycles. The number of nitrogens with one attached hydrogen (secondary N) is 1. The Morgan fingerprint density at radius 3 is 2.79 bits per heavy atom. The van der Waals surface area contributed by atoms with Crippen LogP contribution in [0.25, 0.3) is 0 Å². The van der Waals surface area contributed by atoms with Crippen LogP contribution in [0.3, 0.4) is 0 Å². The van der Waals surface area contributed by atoms with Crippen LogP contribution in [0.4, 0.5) is 0 Å². The molecule has 2 saturated heterocycles. The summed E-state index contributed by atoms with van der Waals surface area (Å²) in [6.45, 7) is 5.38. The maximum atomic E-state index is 12.9. The third-order valence-electron chi connectivity index (χ3n) is 5.49. The van der Waals surface area contributed by atoms with E-state index in [2.05, 4.69) is 51.3 Å². The van der Waals surface area contributed by atoms with Crippen molar-refractivity contribution in [3.8, 4) is 0 Å². The molecule has 0 saturated carbocycles. The van der Waals surface area contributed by atoms with Gasteiger partial charge in [0.05, 0.1) is 6.04 Å². The molecule has 0 aromatic heterocycles. The van der Waals surface area contributed by atoms with Crippen molar-refractivity contribution in [1.82, 2.24) is 10.2 Å². The number of piperidine rings is 1. The highest BCUT2D eigenvalue weighted by Gasteiger charge is 2.32. The van der Waals surface area contributed by atoms with E-state index in [0.717, 1.165) is 36.9 Å². The van der Waals surface area contributed by atoms with E-state index in [1.807, 2.05) is 6.07 Å². The van der Waals surface area contributed by atoms with Gasteiger partial charge in [-0.25, -0.2) is 0 Å². The highest BCUT2D eigenvalue weighted by Crippen LogP contribution is 2.35. The normalized spacial score (nSPS) is 22.9. The molecule has 0 aliphatic carbocycles. The summed E-state index contributed by atoms with van der Waals surface area (Å²) < 4.78 is 1.09. The van der Waals surface area contributed by atoms with Crippen molar-refractivity contribution in [2.75, 3.05) is 19.6 Å². The Balaban J connectivity index is 0.00000208. The van der Waals surface area contributed by atoms with Crippen molar-refractivity contribution in [2.24, 2.45) is 11.8 Å². The Kier molecular flexibility index (Phi) is 7.58. The lowest BCUT2D eigenvalue weighted by Crippen LogP contribution is -2.35. The third kappa shape index (κ3) is 4.74. The van der Waals surface area contributed by atoms with Crippen LogP contribution in [0, 0.1) is 11.8 Å². The number of rotatable bonds is 4. The smallest absolute Gasteiger partial charge is 0.223 e. The predicted octanol–water partition coefficient (Wildman–Crippen LogP) is 4.56. The topological polar surface area (TPSA) is 32.3 Å². The van der Waals surface area contributed by atoms with Crippen LogP contribution in [0.5, 0.6) is 0 Å². The molecule has 2 unspecified atom stereocenters. The first kappa shape index (κ1) is 19.7. The van der Waals surface area contributed by atoms with Gasteiger partial charge < -0.3 is 10.2 Å². The van der Waals surface area contributed by atoms with Gasteiger partial charge in [0.1, 0.15) is 0 Å². The van der Waals surface area contributed by atoms with Gasteiger partial charge in [-0.1, -0.05) is 35.0 Å². The number of hydrogen-bond acceptors (Lipinski definition) is 2. The highest BCUT2D eigenvalue weighted by atomic mass is 79.9. The first-order valence-corrected chi connectivity index (χ1v) is 9.70. The number of likely N-dealkylation sites (tertiary alicyclic amines) is 1. The van der Waals surface area contributed by atoms with E-state index >= 15 is 0 Å². The fraction of sp³-hybridized carbons (Fsp3) is 0.632. The van der Waals surface area contributed by atoms with Gasteiger partial charge in [0, 0.05) is 17.4 Å². The first-order valence-electron chi connectivity index (χ1n) is 8.91. The quantitative estimate of drug-likeness (QED) is 0.782. The van der Waals surface area contributed by atoms with E-state index in [0.29, 0.717) is 24.2 Å². The van der Waals surface area contributed by atoms with Gasteiger partial charge in [-0.3, -0.25) is 4.79 Å². The average Bonchev–Trinajstić information content (AvgIpc) is 3.05. The number of benzene rings is 1. The maximum absolute atomic E-state index is 12.9. The van der Waals surface area contributed by atoms with Crippen LogP contribution in [0.15, 0.2) is 28.7 Å². The molecule has 5 heteroatoms. The lowest BCUT2D eigenvalue weighted by Gasteiger charge is -2.31. The molecule has 2 aliphatic heterocycles. The van der Waals surface area contributed by atoms with E-state index in [1.54, 1.807) is 0 Å². The van der Waals surface area contributed by atoms with Crippen LogP contribution < -0.4 is 5.32 Å². The minimum atomic E-state index is 0. The molecular formula is C19H28BrClN2O. The van der Waals surface area contributed by atoms with E-state index < -0.39 is 0 Å². The Morgan fingerprint density at radius 2 is 2.08 bits per heavy atom. The van der Waals surface area contributed by atoms with Crippen LogP contribution in [0.2, 0.25) is 0 Å². The minimum absolute atomic E-state index is 0. The van der Waals surface area contributed by atoms with Crippen LogP contribution in [0.1, 0.15) is 50.6 Å². The van der Waals surface area contributed by atoms with E-state index in [-0.39, 0.29) is 18.4 Å². The second-order valence-corrected chi connectivity index (χ2v) is 7.98. The lowest BCUT2D eigenvalue weighted by atomic mass is 9.84. The van der Waals surface area contributed by atoms with Crippen LogP contribution in [-0.2, 0) is 4.79 Å². The van der Waals surface area contributed by atoms with Gasteiger partial charge in [-0.2, -0.15) is 0 Å². The molecule has 1 N–H and O–H groups in total. The third-order valence-corrected chi connectivity index (χ3v) is 5.98. The second-order valence-electron chi connectivity index (χ2n) is 7.07. The molecule has 2 aliphatic rings. The number of carbonyl (C=O) groups is 1. The summed E-state index contributed by atoms with van der Waals surface area (Å²) in [7, 11) is 0. The molecule has 3 nitrogen and oxygen atoms in total. The fourth-order valence-electron chi connectivity index (χ4n) is 4.10. The maximum Gasteiger partial charge on any atom is 0.223 e. The van der Waals surface area contributed by atoms with E-state index in [9.17, 15) is 4.79 Å². The molecule has 1 amide bonds. The molecular weight excluding hydrogens is 388 g/mol. The molecule has 2 atom stereocenters.